The molecule has 3 N–H and O–H groups in total. The summed E-state index contributed by atoms with van der Waals surface area (Å²) in [4.78, 5) is 48.0. The van der Waals surface area contributed by atoms with Gasteiger partial charge in [-0.05, 0) is 30.3 Å². The van der Waals surface area contributed by atoms with Crippen LogP contribution < -0.4 is 9.05 Å². The normalized spacial score (nSPS) is 12.0. The fourth-order valence-corrected chi connectivity index (χ4v) is 5.68. The number of rotatable bonds is 6. The fraction of sp³-hybridized carbons (Fsp3) is 0. The quantitative estimate of drug-likeness (QED) is 0.138. The van der Waals surface area contributed by atoms with Gasteiger partial charge in [-0.25, -0.2) is 14.5 Å². The Bertz CT molecular complexity index is 2190. The van der Waals surface area contributed by atoms with E-state index >= 15 is 0 Å². The summed E-state index contributed by atoms with van der Waals surface area (Å²) < 4.78 is 22.5. The van der Waals surface area contributed by atoms with E-state index in [9.17, 15) is 19.2 Å². The van der Waals surface area contributed by atoms with E-state index in [-0.39, 0.29) is 11.5 Å². The molecule has 0 radical (unpaired) electrons. The van der Waals surface area contributed by atoms with Gasteiger partial charge < -0.3 is 14.3 Å². The van der Waals surface area contributed by atoms with E-state index in [1.165, 1.54) is 6.07 Å². The Kier molecular flexibility index (Phi) is 6.63. The van der Waals surface area contributed by atoms with Crippen molar-refractivity contribution in [2.75, 3.05) is 0 Å². The highest BCUT2D eigenvalue weighted by molar-refractivity contribution is 7.39. The molecule has 12 heteroatoms. The average Bonchev–Trinajstić information content (AvgIpc) is 3.00. The van der Waals surface area contributed by atoms with Crippen LogP contribution in [0.25, 0.3) is 66.1 Å². The predicted molar refractivity (Wildman–Crippen MR) is 161 cm³/mol. The Balaban J connectivity index is 1.49. The first-order valence-corrected chi connectivity index (χ1v) is 14.9. The Hall–Kier alpha value is -4.69. The van der Waals surface area contributed by atoms with E-state index in [0.29, 0.717) is 44.6 Å². The standard InChI is InChI=1S/C30H18N4O6P2/c35-41(36)39-25-16-26(40-42(37)38)22(24-12-10-20-8-6-18-4-2-14-32-28(18)30(20)34-24)15-21(25)23-11-9-19-7-5-17-3-1-13-31-27(17)29(19)33-23/h1-16,35-36H/p+1. The highest BCUT2D eigenvalue weighted by Crippen LogP contribution is 2.46. The largest absolute Gasteiger partial charge is 0.747 e. The van der Waals surface area contributed by atoms with E-state index in [4.69, 9.17) is 19.0 Å². The van der Waals surface area contributed by atoms with Crippen molar-refractivity contribution in [3.8, 4) is 34.0 Å². The number of fused-ring (bicyclic) bond motifs is 6. The Morgan fingerprint density at radius 2 is 1.10 bits per heavy atom. The first-order chi connectivity index (χ1) is 20.4. The van der Waals surface area contributed by atoms with Crippen molar-refractivity contribution in [3.05, 3.63) is 97.3 Å². The summed E-state index contributed by atoms with van der Waals surface area (Å²) in [5.74, 6) is -0.0446. The van der Waals surface area contributed by atoms with Crippen molar-refractivity contribution in [2.24, 2.45) is 0 Å². The molecule has 1 unspecified atom stereocenters. The summed E-state index contributed by atoms with van der Waals surface area (Å²) in [7, 11) is -5.92. The van der Waals surface area contributed by atoms with Gasteiger partial charge >= 0.3 is 16.9 Å². The van der Waals surface area contributed by atoms with Crippen LogP contribution in [-0.4, -0.2) is 34.6 Å². The molecule has 0 aliphatic heterocycles. The van der Waals surface area contributed by atoms with Gasteiger partial charge in [-0.3, -0.25) is 9.97 Å². The van der Waals surface area contributed by atoms with Gasteiger partial charge in [0.15, 0.2) is 0 Å². The fourth-order valence-electron chi connectivity index (χ4n) is 5.03. The highest BCUT2D eigenvalue weighted by atomic mass is 31.2. The topological polar surface area (TPSA) is 148 Å². The molecule has 1 atom stereocenters. The third-order valence-electron chi connectivity index (χ3n) is 6.85. The lowest BCUT2D eigenvalue weighted by molar-refractivity contribution is 0.374. The summed E-state index contributed by atoms with van der Waals surface area (Å²) in [5.41, 5.74) is 4.33. The molecule has 3 aromatic carbocycles. The molecule has 0 amide bonds. The first kappa shape index (κ1) is 26.2. The summed E-state index contributed by atoms with van der Waals surface area (Å²) in [6.45, 7) is 0. The van der Waals surface area contributed by atoms with Gasteiger partial charge in [0.2, 0.25) is 5.75 Å². The number of pyridine rings is 4. The van der Waals surface area contributed by atoms with Crippen LogP contribution in [0.2, 0.25) is 0 Å². The zero-order chi connectivity index (χ0) is 28.8. The zero-order valence-corrected chi connectivity index (χ0v) is 23.3. The van der Waals surface area contributed by atoms with Crippen LogP contribution in [0.5, 0.6) is 11.5 Å². The van der Waals surface area contributed by atoms with Crippen LogP contribution in [0, 0.1) is 0 Å². The van der Waals surface area contributed by atoms with Crippen LogP contribution in [0.1, 0.15) is 0 Å². The van der Waals surface area contributed by atoms with Gasteiger partial charge in [-0.15, -0.1) is 4.89 Å². The molecule has 10 nitrogen and oxygen atoms in total. The van der Waals surface area contributed by atoms with E-state index in [1.807, 2.05) is 60.7 Å². The maximum absolute atomic E-state index is 11.8. The Morgan fingerprint density at radius 3 is 1.60 bits per heavy atom. The predicted octanol–water partition coefficient (Wildman–Crippen LogP) is 6.83. The molecule has 0 saturated heterocycles. The molecule has 204 valence electrons. The highest BCUT2D eigenvalue weighted by Gasteiger charge is 2.25. The van der Waals surface area contributed by atoms with Crippen molar-refractivity contribution < 1.29 is 28.3 Å². The second-order valence-corrected chi connectivity index (χ2v) is 10.7. The van der Waals surface area contributed by atoms with Crippen molar-refractivity contribution in [1.82, 2.24) is 19.9 Å². The number of hydrogen-bond acceptors (Lipinski definition) is 9. The summed E-state index contributed by atoms with van der Waals surface area (Å²) in [5, 5.41) is 3.56. The van der Waals surface area contributed by atoms with Crippen LogP contribution in [0.15, 0.2) is 97.3 Å². The summed E-state index contributed by atoms with van der Waals surface area (Å²) in [6, 6.07) is 25.7. The lowest BCUT2D eigenvalue weighted by atomic mass is 10.0. The minimum atomic E-state index is -3.08. The van der Waals surface area contributed by atoms with E-state index in [2.05, 4.69) is 9.97 Å². The molecule has 0 saturated carbocycles. The third-order valence-corrected chi connectivity index (χ3v) is 7.57. The zero-order valence-electron chi connectivity index (χ0n) is 21.5. The van der Waals surface area contributed by atoms with Gasteiger partial charge in [0.25, 0.3) is 0 Å². The van der Waals surface area contributed by atoms with Crippen LogP contribution in [-0.2, 0) is 4.57 Å². The number of hydrogen-bond donors (Lipinski definition) is 3. The molecule has 0 bridgehead atoms. The van der Waals surface area contributed by atoms with Crippen molar-refractivity contribution in [1.29, 1.82) is 0 Å². The summed E-state index contributed by atoms with van der Waals surface area (Å²) >= 11 is 0. The van der Waals surface area contributed by atoms with Gasteiger partial charge in [-0.2, -0.15) is 0 Å². The van der Waals surface area contributed by atoms with Gasteiger partial charge in [0.1, 0.15) is 5.75 Å². The van der Waals surface area contributed by atoms with Crippen molar-refractivity contribution in [2.45, 2.75) is 0 Å². The minimum absolute atomic E-state index is 0.00494. The molecule has 0 aliphatic rings. The SMILES string of the molecule is O=[P+](O)Oc1cc(OP(O)O)c(-c2ccc3ccc4cccnc4c3n2)cc1-c1ccc2ccc3cccnc3c2n1. The van der Waals surface area contributed by atoms with E-state index in [0.717, 1.165) is 21.5 Å². The molecular weight excluding hydrogens is 574 g/mol. The van der Waals surface area contributed by atoms with Gasteiger partial charge in [0.05, 0.1) is 33.5 Å². The van der Waals surface area contributed by atoms with Gasteiger partial charge in [0, 0.05) is 55.7 Å². The van der Waals surface area contributed by atoms with Gasteiger partial charge in [-0.1, -0.05) is 48.5 Å². The summed E-state index contributed by atoms with van der Waals surface area (Å²) in [6.07, 6.45) is 3.39. The molecular formula is C30H19N4O6P2+. The molecule has 4 aromatic heterocycles. The van der Waals surface area contributed by atoms with Crippen LogP contribution in [0.4, 0.5) is 0 Å². The van der Waals surface area contributed by atoms with Crippen molar-refractivity contribution >= 4 is 60.5 Å². The Labute approximate surface area is 239 Å². The molecule has 4 heterocycles. The maximum Gasteiger partial charge on any atom is 0.747 e. The van der Waals surface area contributed by atoms with E-state index < -0.39 is 16.9 Å². The Morgan fingerprint density at radius 1 is 0.619 bits per heavy atom. The number of aromatic nitrogens is 4. The van der Waals surface area contributed by atoms with Crippen LogP contribution >= 0.6 is 16.9 Å². The van der Waals surface area contributed by atoms with Crippen LogP contribution in [0.3, 0.4) is 0 Å². The minimum Gasteiger partial charge on any atom is -0.426 e. The molecule has 0 fully saturated rings. The second-order valence-electron chi connectivity index (χ2n) is 9.34. The number of benzene rings is 3. The molecule has 7 aromatic rings. The molecule has 42 heavy (non-hydrogen) atoms. The first-order valence-electron chi connectivity index (χ1n) is 12.6. The number of nitrogens with zero attached hydrogens (tertiary/aromatic N) is 4. The molecule has 0 aliphatic carbocycles. The maximum atomic E-state index is 11.8. The average molecular weight is 593 g/mol. The molecule has 7 rings (SSSR count). The van der Waals surface area contributed by atoms with Crippen molar-refractivity contribution in [3.63, 3.8) is 0 Å². The monoisotopic (exact) mass is 593 g/mol. The third kappa shape index (κ3) is 4.77. The molecule has 0 spiro atoms. The van der Waals surface area contributed by atoms with E-state index in [1.54, 1.807) is 30.6 Å². The smallest absolute Gasteiger partial charge is 0.426 e. The second kappa shape index (κ2) is 10.6. The lowest BCUT2D eigenvalue weighted by Gasteiger charge is -2.15. The lowest BCUT2D eigenvalue weighted by Crippen LogP contribution is -1.97.